The van der Waals surface area contributed by atoms with Gasteiger partial charge in [-0.1, -0.05) is 41.4 Å². The van der Waals surface area contributed by atoms with E-state index in [-0.39, 0.29) is 5.91 Å². The molecule has 0 aliphatic carbocycles. The smallest absolute Gasteiger partial charge is 0.263 e. The number of carbonyl (C=O) groups excluding carboxylic acids is 1. The largest absolute Gasteiger partial charge is 0.379 e. The number of halogens is 2. The van der Waals surface area contributed by atoms with E-state index in [0.717, 1.165) is 29.8 Å². The van der Waals surface area contributed by atoms with Gasteiger partial charge in [-0.25, -0.2) is 0 Å². The van der Waals surface area contributed by atoms with E-state index < -0.39 is 6.17 Å². The van der Waals surface area contributed by atoms with Crippen LogP contribution in [0.4, 0.5) is 5.69 Å². The summed E-state index contributed by atoms with van der Waals surface area (Å²) in [6.07, 6.45) is -1.02. The van der Waals surface area contributed by atoms with Gasteiger partial charge in [0.05, 0.1) is 29.6 Å². The summed E-state index contributed by atoms with van der Waals surface area (Å²) in [6, 6.07) is 11.1. The van der Waals surface area contributed by atoms with Crippen LogP contribution in [-0.4, -0.2) is 49.0 Å². The zero-order valence-electron chi connectivity index (χ0n) is 15.1. The Kier molecular flexibility index (Phi) is 5.66. The van der Waals surface area contributed by atoms with Gasteiger partial charge in [-0.2, -0.15) is 0 Å². The summed E-state index contributed by atoms with van der Waals surface area (Å²) in [6.45, 7) is 3.68. The number of nitrogens with one attached hydrogen (secondary N) is 1. The number of hydrogen-bond acceptors (Lipinski definition) is 5. The van der Waals surface area contributed by atoms with E-state index in [4.69, 9.17) is 33.7 Å². The molecule has 2 aliphatic heterocycles. The number of para-hydroxylation sites is 1. The Hall–Kier alpha value is -1.96. The molecule has 0 spiro atoms. The second-order valence-corrected chi connectivity index (χ2v) is 7.61. The minimum atomic E-state index is -1.02. The fourth-order valence-electron chi connectivity index (χ4n) is 3.49. The number of benzene rings is 2. The van der Waals surface area contributed by atoms with Gasteiger partial charge in [0, 0.05) is 35.8 Å². The molecule has 1 saturated heterocycles. The van der Waals surface area contributed by atoms with Crippen LogP contribution in [0.3, 0.4) is 0 Å². The van der Waals surface area contributed by atoms with E-state index in [9.17, 15) is 4.79 Å². The third-order valence-corrected chi connectivity index (χ3v) is 5.36. The number of amides is 1. The second kappa shape index (κ2) is 8.19. The van der Waals surface area contributed by atoms with Crippen LogP contribution in [-0.2, 0) is 16.1 Å². The lowest BCUT2D eigenvalue weighted by molar-refractivity contribution is -0.117. The van der Waals surface area contributed by atoms with Crippen LogP contribution >= 0.6 is 23.2 Å². The minimum Gasteiger partial charge on any atom is -0.379 e. The van der Waals surface area contributed by atoms with Crippen LogP contribution in [0.15, 0.2) is 41.4 Å². The average Bonchev–Trinajstić information content (AvgIpc) is 2.79. The van der Waals surface area contributed by atoms with Crippen LogP contribution in [0.2, 0.25) is 10.0 Å². The van der Waals surface area contributed by atoms with Gasteiger partial charge < -0.3 is 15.8 Å². The minimum absolute atomic E-state index is 0.359. The maximum atomic E-state index is 12.3. The van der Waals surface area contributed by atoms with Crippen LogP contribution in [0, 0.1) is 0 Å². The Morgan fingerprint density at radius 2 is 1.96 bits per heavy atom. The van der Waals surface area contributed by atoms with Gasteiger partial charge in [0.2, 0.25) is 0 Å². The van der Waals surface area contributed by atoms with Crippen molar-refractivity contribution in [2.75, 3.05) is 31.6 Å². The molecule has 1 amide bonds. The second-order valence-electron chi connectivity index (χ2n) is 6.77. The van der Waals surface area contributed by atoms with Gasteiger partial charge in [-0.05, 0) is 23.8 Å². The molecule has 0 aromatic heterocycles. The van der Waals surface area contributed by atoms with Crippen LogP contribution in [0.1, 0.15) is 16.7 Å². The molecule has 0 radical (unpaired) electrons. The van der Waals surface area contributed by atoms with Gasteiger partial charge >= 0.3 is 0 Å². The number of hydrogen-bond donors (Lipinski definition) is 2. The average molecular weight is 419 g/mol. The van der Waals surface area contributed by atoms with Gasteiger partial charge in [0.15, 0.2) is 6.17 Å². The molecule has 146 valence electrons. The van der Waals surface area contributed by atoms with Crippen molar-refractivity contribution >= 4 is 40.5 Å². The molecule has 1 fully saturated rings. The SMILES string of the molecule is NC1N=C(c2c(Cl)cc(Cl)cc2CN2CCOCC2)c2ccccc2NC1=O. The number of anilines is 1. The zero-order valence-corrected chi connectivity index (χ0v) is 16.6. The summed E-state index contributed by atoms with van der Waals surface area (Å²) in [7, 11) is 0. The lowest BCUT2D eigenvalue weighted by atomic mass is 9.95. The highest BCUT2D eigenvalue weighted by Gasteiger charge is 2.26. The number of morpholine rings is 1. The van der Waals surface area contributed by atoms with Crippen molar-refractivity contribution in [2.45, 2.75) is 12.7 Å². The molecule has 8 heteroatoms. The van der Waals surface area contributed by atoms with E-state index in [1.807, 2.05) is 30.3 Å². The molecule has 2 aromatic rings. The molecule has 1 atom stereocenters. The van der Waals surface area contributed by atoms with Crippen molar-refractivity contribution in [3.8, 4) is 0 Å². The Labute approximate surface area is 173 Å². The molecule has 3 N–H and O–H groups in total. The number of fused-ring (bicyclic) bond motifs is 1. The van der Waals surface area contributed by atoms with E-state index in [1.54, 1.807) is 6.07 Å². The maximum absolute atomic E-state index is 12.3. The molecule has 28 heavy (non-hydrogen) atoms. The number of nitrogens with zero attached hydrogens (tertiary/aromatic N) is 2. The Balaban J connectivity index is 1.85. The maximum Gasteiger partial charge on any atom is 0.263 e. The first-order valence-electron chi connectivity index (χ1n) is 9.05. The molecule has 0 saturated carbocycles. The van der Waals surface area contributed by atoms with E-state index in [2.05, 4.69) is 15.2 Å². The third kappa shape index (κ3) is 3.92. The molecule has 2 heterocycles. The van der Waals surface area contributed by atoms with Gasteiger partial charge in [-0.3, -0.25) is 14.7 Å². The number of rotatable bonds is 3. The number of benzodiazepines with no additional fused rings is 1. The number of nitrogens with two attached hydrogens (primary N) is 1. The molecule has 2 aromatic carbocycles. The molecule has 0 bridgehead atoms. The molecule has 4 rings (SSSR count). The predicted molar refractivity (Wildman–Crippen MR) is 111 cm³/mol. The zero-order chi connectivity index (χ0) is 19.7. The highest BCUT2D eigenvalue weighted by Crippen LogP contribution is 2.32. The van der Waals surface area contributed by atoms with Gasteiger partial charge in [-0.15, -0.1) is 0 Å². The molecular formula is C20H20Cl2N4O2. The molecule has 6 nitrogen and oxygen atoms in total. The lowest BCUT2D eigenvalue weighted by Crippen LogP contribution is -2.36. The van der Waals surface area contributed by atoms with Crippen LogP contribution < -0.4 is 11.1 Å². The topological polar surface area (TPSA) is 79.9 Å². The van der Waals surface area contributed by atoms with Crippen molar-refractivity contribution in [3.05, 3.63) is 63.1 Å². The fraction of sp³-hybridized carbons (Fsp3) is 0.300. The van der Waals surface area contributed by atoms with Crippen LogP contribution in [0.25, 0.3) is 0 Å². The van der Waals surface area contributed by atoms with E-state index >= 15 is 0 Å². The number of ether oxygens (including phenoxy) is 1. The Bertz CT molecular complexity index is 942. The van der Waals surface area contributed by atoms with Gasteiger partial charge in [0.1, 0.15) is 0 Å². The highest BCUT2D eigenvalue weighted by molar-refractivity contribution is 6.38. The fourth-order valence-corrected chi connectivity index (χ4v) is 4.11. The molecule has 1 unspecified atom stereocenters. The normalized spacial score (nSPS) is 20.2. The summed E-state index contributed by atoms with van der Waals surface area (Å²) in [5.41, 5.74) is 9.71. The summed E-state index contributed by atoms with van der Waals surface area (Å²) >= 11 is 12.9. The Morgan fingerprint density at radius 3 is 2.75 bits per heavy atom. The number of carbonyl (C=O) groups is 1. The van der Waals surface area contributed by atoms with E-state index in [1.165, 1.54) is 0 Å². The predicted octanol–water partition coefficient (Wildman–Crippen LogP) is 2.90. The Morgan fingerprint density at radius 1 is 1.21 bits per heavy atom. The third-order valence-electron chi connectivity index (χ3n) is 4.85. The highest BCUT2D eigenvalue weighted by atomic mass is 35.5. The molecular weight excluding hydrogens is 399 g/mol. The van der Waals surface area contributed by atoms with Crippen LogP contribution in [0.5, 0.6) is 0 Å². The summed E-state index contributed by atoms with van der Waals surface area (Å²) in [5, 5.41) is 3.86. The van der Waals surface area contributed by atoms with Crippen molar-refractivity contribution < 1.29 is 9.53 Å². The summed E-state index contributed by atoms with van der Waals surface area (Å²) in [4.78, 5) is 19.1. The standard InChI is InChI=1S/C20H20Cl2N4O2/c21-13-9-12(11-26-5-7-28-8-6-26)17(15(22)10-13)18-14-3-1-2-4-16(14)24-20(27)19(23)25-18/h1-4,9-10,19H,5-8,11,23H2,(H,24,27). The monoisotopic (exact) mass is 418 g/mol. The van der Waals surface area contributed by atoms with Gasteiger partial charge in [0.25, 0.3) is 5.91 Å². The van der Waals surface area contributed by atoms with Crippen molar-refractivity contribution in [1.29, 1.82) is 0 Å². The first-order valence-corrected chi connectivity index (χ1v) is 9.80. The first kappa shape index (κ1) is 19.4. The van der Waals surface area contributed by atoms with Crippen molar-refractivity contribution in [2.24, 2.45) is 10.7 Å². The van der Waals surface area contributed by atoms with E-state index in [0.29, 0.717) is 41.2 Å². The molecule has 2 aliphatic rings. The lowest BCUT2D eigenvalue weighted by Gasteiger charge is -2.28. The first-order chi connectivity index (χ1) is 13.5. The number of aliphatic imine (C=N–C) groups is 1. The summed E-state index contributed by atoms with van der Waals surface area (Å²) in [5.74, 6) is -0.359. The van der Waals surface area contributed by atoms with Crippen molar-refractivity contribution in [1.82, 2.24) is 4.90 Å². The quantitative estimate of drug-likeness (QED) is 0.802. The summed E-state index contributed by atoms with van der Waals surface area (Å²) < 4.78 is 5.44. The van der Waals surface area contributed by atoms with Crippen molar-refractivity contribution in [3.63, 3.8) is 0 Å².